The van der Waals surface area contributed by atoms with Crippen molar-refractivity contribution in [3.8, 4) is 11.3 Å². The Labute approximate surface area is 136 Å². The van der Waals surface area contributed by atoms with Gasteiger partial charge in [-0.25, -0.2) is 8.42 Å². The number of carbonyl (C=O) groups excluding carboxylic acids is 1. The number of sulfone groups is 1. The van der Waals surface area contributed by atoms with Gasteiger partial charge in [0.2, 0.25) is 0 Å². The van der Waals surface area contributed by atoms with Crippen LogP contribution in [0, 0.1) is 0 Å². The molecular weight excluding hydrogens is 316 g/mol. The van der Waals surface area contributed by atoms with E-state index in [1.165, 1.54) is 4.90 Å². The van der Waals surface area contributed by atoms with E-state index in [4.69, 9.17) is 4.52 Å². The maximum absolute atomic E-state index is 12.6. The average molecular weight is 336 g/mol. The van der Waals surface area contributed by atoms with Crippen molar-refractivity contribution in [2.45, 2.75) is 19.9 Å². The summed E-state index contributed by atoms with van der Waals surface area (Å²) in [7, 11) is -3.17. The highest BCUT2D eigenvalue weighted by Crippen LogP contribution is 2.21. The van der Waals surface area contributed by atoms with Gasteiger partial charge in [0.1, 0.15) is 9.84 Å². The predicted molar refractivity (Wildman–Crippen MR) is 87.8 cm³/mol. The summed E-state index contributed by atoms with van der Waals surface area (Å²) in [6.07, 6.45) is 1.16. The summed E-state index contributed by atoms with van der Waals surface area (Å²) < 4.78 is 28.1. The molecule has 0 N–H and O–H groups in total. The first-order valence-corrected chi connectivity index (χ1v) is 9.38. The highest BCUT2D eigenvalue weighted by atomic mass is 32.2. The lowest BCUT2D eigenvalue weighted by atomic mass is 10.1. The molecular formula is C16H20N2O4S. The number of benzene rings is 1. The third kappa shape index (κ3) is 4.41. The average Bonchev–Trinajstić information content (AvgIpc) is 2.96. The van der Waals surface area contributed by atoms with E-state index in [2.05, 4.69) is 5.16 Å². The number of aromatic nitrogens is 1. The molecule has 1 heterocycles. The molecule has 1 unspecified atom stereocenters. The van der Waals surface area contributed by atoms with Crippen molar-refractivity contribution in [2.75, 3.05) is 18.6 Å². The zero-order valence-corrected chi connectivity index (χ0v) is 14.2. The van der Waals surface area contributed by atoms with Crippen LogP contribution < -0.4 is 0 Å². The molecule has 0 aliphatic heterocycles. The minimum atomic E-state index is -3.17. The molecule has 1 aromatic heterocycles. The fourth-order valence-electron chi connectivity index (χ4n) is 2.45. The maximum atomic E-state index is 12.6. The molecule has 7 heteroatoms. The minimum Gasteiger partial charge on any atom is -0.355 e. The molecule has 2 aromatic rings. The molecule has 23 heavy (non-hydrogen) atoms. The van der Waals surface area contributed by atoms with Crippen LogP contribution in [-0.2, 0) is 9.84 Å². The summed E-state index contributed by atoms with van der Waals surface area (Å²) in [6, 6.07) is 10.5. The van der Waals surface area contributed by atoms with Crippen molar-refractivity contribution in [1.82, 2.24) is 10.1 Å². The van der Waals surface area contributed by atoms with Crippen molar-refractivity contribution in [1.29, 1.82) is 0 Å². The summed E-state index contributed by atoms with van der Waals surface area (Å²) in [6.45, 7) is 3.90. The van der Waals surface area contributed by atoms with Crippen LogP contribution in [0.25, 0.3) is 11.3 Å². The molecule has 0 radical (unpaired) electrons. The number of hydrogen-bond acceptors (Lipinski definition) is 5. The second-order valence-electron chi connectivity index (χ2n) is 5.48. The molecule has 1 atom stereocenters. The zero-order valence-electron chi connectivity index (χ0n) is 13.4. The fourth-order valence-corrected chi connectivity index (χ4v) is 3.50. The van der Waals surface area contributed by atoms with E-state index >= 15 is 0 Å². The van der Waals surface area contributed by atoms with Crippen LogP contribution in [-0.4, -0.2) is 49.0 Å². The fraction of sp³-hybridized carbons (Fsp3) is 0.375. The van der Waals surface area contributed by atoms with Gasteiger partial charge in [-0.2, -0.15) is 0 Å². The van der Waals surface area contributed by atoms with Crippen LogP contribution in [0.15, 0.2) is 40.9 Å². The second kappa shape index (κ2) is 6.95. The van der Waals surface area contributed by atoms with E-state index < -0.39 is 15.9 Å². The van der Waals surface area contributed by atoms with Gasteiger partial charge < -0.3 is 9.42 Å². The molecule has 1 amide bonds. The van der Waals surface area contributed by atoms with Gasteiger partial charge in [-0.15, -0.1) is 0 Å². The van der Waals surface area contributed by atoms with E-state index in [9.17, 15) is 13.2 Å². The maximum Gasteiger partial charge on any atom is 0.276 e. The first-order valence-electron chi connectivity index (χ1n) is 7.32. The third-order valence-corrected chi connectivity index (χ3v) is 4.55. The SMILES string of the molecule is CCN(C(=O)c1cc(-c2ccccc2)on1)C(C)CS(C)(=O)=O. The van der Waals surface area contributed by atoms with Gasteiger partial charge in [-0.3, -0.25) is 4.79 Å². The molecule has 1 aromatic carbocycles. The van der Waals surface area contributed by atoms with Gasteiger partial charge in [-0.1, -0.05) is 35.5 Å². The number of nitrogens with zero attached hydrogens (tertiary/aromatic N) is 2. The van der Waals surface area contributed by atoms with Gasteiger partial charge in [0, 0.05) is 30.5 Å². The lowest BCUT2D eigenvalue weighted by Gasteiger charge is -2.26. The van der Waals surface area contributed by atoms with Gasteiger partial charge >= 0.3 is 0 Å². The Morgan fingerprint density at radius 2 is 1.96 bits per heavy atom. The molecule has 0 aliphatic rings. The molecule has 2 rings (SSSR count). The molecule has 0 aliphatic carbocycles. The summed E-state index contributed by atoms with van der Waals surface area (Å²) in [5.74, 6) is 0.0750. The van der Waals surface area contributed by atoms with Crippen LogP contribution in [0.1, 0.15) is 24.3 Å². The van der Waals surface area contributed by atoms with E-state index in [0.29, 0.717) is 12.3 Å². The second-order valence-corrected chi connectivity index (χ2v) is 7.66. The Kier molecular flexibility index (Phi) is 5.20. The van der Waals surface area contributed by atoms with Gasteiger partial charge in [0.05, 0.1) is 5.75 Å². The molecule has 0 saturated heterocycles. The summed E-state index contributed by atoms with van der Waals surface area (Å²) in [4.78, 5) is 14.0. The van der Waals surface area contributed by atoms with E-state index in [0.717, 1.165) is 11.8 Å². The van der Waals surface area contributed by atoms with Crippen LogP contribution in [0.4, 0.5) is 0 Å². The number of hydrogen-bond donors (Lipinski definition) is 0. The van der Waals surface area contributed by atoms with Crippen LogP contribution in [0.2, 0.25) is 0 Å². The monoisotopic (exact) mass is 336 g/mol. The standard InChI is InChI=1S/C16H20N2O4S/c1-4-18(12(2)11-23(3,20)21)16(19)14-10-15(22-17-14)13-8-6-5-7-9-13/h5-10,12H,4,11H2,1-3H3. The topological polar surface area (TPSA) is 80.5 Å². The first-order chi connectivity index (χ1) is 10.8. The van der Waals surface area contributed by atoms with Crippen molar-refractivity contribution < 1.29 is 17.7 Å². The zero-order chi connectivity index (χ0) is 17.0. The quantitative estimate of drug-likeness (QED) is 0.808. The normalized spacial score (nSPS) is 12.8. The van der Waals surface area contributed by atoms with Crippen molar-refractivity contribution in [3.05, 3.63) is 42.1 Å². The van der Waals surface area contributed by atoms with Gasteiger partial charge in [0.15, 0.2) is 11.5 Å². The molecule has 0 spiro atoms. The Balaban J connectivity index is 2.20. The minimum absolute atomic E-state index is 0.0873. The number of carbonyl (C=O) groups is 1. The smallest absolute Gasteiger partial charge is 0.276 e. The Morgan fingerprint density at radius 1 is 1.30 bits per heavy atom. The summed E-state index contributed by atoms with van der Waals surface area (Å²) >= 11 is 0. The molecule has 0 fully saturated rings. The highest BCUT2D eigenvalue weighted by molar-refractivity contribution is 7.90. The lowest BCUT2D eigenvalue weighted by Crippen LogP contribution is -2.42. The Bertz CT molecular complexity index is 768. The molecule has 124 valence electrons. The van der Waals surface area contributed by atoms with Crippen LogP contribution >= 0.6 is 0 Å². The van der Waals surface area contributed by atoms with Crippen LogP contribution in [0.5, 0.6) is 0 Å². The Hall–Kier alpha value is -2.15. The number of rotatable bonds is 6. The largest absolute Gasteiger partial charge is 0.355 e. The third-order valence-electron chi connectivity index (χ3n) is 3.47. The van der Waals surface area contributed by atoms with E-state index in [1.54, 1.807) is 19.9 Å². The summed E-state index contributed by atoms with van der Waals surface area (Å²) in [5, 5.41) is 3.82. The van der Waals surface area contributed by atoms with Crippen LogP contribution in [0.3, 0.4) is 0 Å². The van der Waals surface area contributed by atoms with Gasteiger partial charge in [-0.05, 0) is 13.8 Å². The predicted octanol–water partition coefficient (Wildman–Crippen LogP) is 2.24. The van der Waals surface area contributed by atoms with E-state index in [-0.39, 0.29) is 17.4 Å². The molecule has 0 bridgehead atoms. The van der Waals surface area contributed by atoms with Crippen molar-refractivity contribution in [3.63, 3.8) is 0 Å². The Morgan fingerprint density at radius 3 is 2.52 bits per heavy atom. The first kappa shape index (κ1) is 17.2. The molecule has 0 saturated carbocycles. The highest BCUT2D eigenvalue weighted by Gasteiger charge is 2.25. The number of amides is 1. The van der Waals surface area contributed by atoms with Gasteiger partial charge in [0.25, 0.3) is 5.91 Å². The van der Waals surface area contributed by atoms with Crippen molar-refractivity contribution >= 4 is 15.7 Å². The van der Waals surface area contributed by atoms with Crippen molar-refractivity contribution in [2.24, 2.45) is 0 Å². The summed E-state index contributed by atoms with van der Waals surface area (Å²) in [5.41, 5.74) is 0.998. The van der Waals surface area contributed by atoms with E-state index in [1.807, 2.05) is 30.3 Å². The lowest BCUT2D eigenvalue weighted by molar-refractivity contribution is 0.0708. The molecule has 6 nitrogen and oxygen atoms in total.